The summed E-state index contributed by atoms with van der Waals surface area (Å²) in [4.78, 5) is 20.4. The number of hydrogen-bond acceptors (Lipinski definition) is 8. The van der Waals surface area contributed by atoms with Gasteiger partial charge in [0.1, 0.15) is 17.9 Å². The van der Waals surface area contributed by atoms with Gasteiger partial charge in [0, 0.05) is 6.07 Å². The molecule has 2 bridgehead atoms. The van der Waals surface area contributed by atoms with E-state index in [0.29, 0.717) is 11.1 Å². The highest BCUT2D eigenvalue weighted by Crippen LogP contribution is 2.54. The molecular weight excluding hydrogens is 336 g/mol. The lowest BCUT2D eigenvalue weighted by atomic mass is 10.0. The van der Waals surface area contributed by atoms with Crippen molar-refractivity contribution in [3.05, 3.63) is 61.7 Å². The molecule has 2 unspecified atom stereocenters. The molecule has 0 fully saturated rings. The van der Waals surface area contributed by atoms with Gasteiger partial charge >= 0.3 is 5.69 Å². The molecule has 1 aromatic carbocycles. The van der Waals surface area contributed by atoms with Crippen LogP contribution in [0.1, 0.15) is 23.3 Å². The molecule has 4 rings (SSSR count). The van der Waals surface area contributed by atoms with Gasteiger partial charge in [-0.2, -0.15) is 4.68 Å². The number of nitrogens with zero attached hydrogens (tertiary/aromatic N) is 3. The first kappa shape index (κ1) is 15.0. The molecule has 0 spiro atoms. The average Bonchev–Trinajstić information content (AvgIpc) is 3.24. The van der Waals surface area contributed by atoms with E-state index in [1.807, 2.05) is 0 Å². The Kier molecular flexibility index (Phi) is 2.96. The third kappa shape index (κ3) is 2.03. The van der Waals surface area contributed by atoms with Crippen LogP contribution in [0.15, 0.2) is 30.4 Å². The number of nitrogens with one attached hydrogen (secondary N) is 1. The number of aromatic nitrogens is 1. The topological polar surface area (TPSA) is 153 Å². The SMILES string of the molecule is O=[N+]([O-])c1ccc(Nn2c(O)c3c(c2O)C2C=CC3O2)c([N+](=O)[O-])c1. The molecule has 2 aromatic rings. The highest BCUT2D eigenvalue weighted by Gasteiger charge is 2.42. The van der Waals surface area contributed by atoms with Crippen LogP contribution < -0.4 is 5.43 Å². The molecule has 2 atom stereocenters. The number of rotatable bonds is 4. The van der Waals surface area contributed by atoms with Crippen molar-refractivity contribution >= 4 is 17.1 Å². The lowest BCUT2D eigenvalue weighted by Gasteiger charge is -2.12. The maximum absolute atomic E-state index is 11.2. The number of nitro groups is 2. The van der Waals surface area contributed by atoms with Crippen molar-refractivity contribution in [2.24, 2.45) is 0 Å². The molecule has 0 amide bonds. The fourth-order valence-corrected chi connectivity index (χ4v) is 3.03. The number of ether oxygens (including phenoxy) is 1. The fourth-order valence-electron chi connectivity index (χ4n) is 3.03. The molecule has 3 N–H and O–H groups in total. The average molecular weight is 346 g/mol. The largest absolute Gasteiger partial charge is 0.493 e. The zero-order chi connectivity index (χ0) is 17.9. The number of aromatic hydroxyl groups is 2. The van der Waals surface area contributed by atoms with Crippen LogP contribution in [-0.2, 0) is 4.74 Å². The summed E-state index contributed by atoms with van der Waals surface area (Å²) in [6, 6.07) is 3.00. The lowest BCUT2D eigenvalue weighted by molar-refractivity contribution is -0.393. The monoisotopic (exact) mass is 346 g/mol. The van der Waals surface area contributed by atoms with Gasteiger partial charge in [0.25, 0.3) is 5.69 Å². The van der Waals surface area contributed by atoms with Crippen molar-refractivity contribution in [2.75, 3.05) is 5.43 Å². The summed E-state index contributed by atoms with van der Waals surface area (Å²) in [7, 11) is 0. The van der Waals surface area contributed by atoms with Gasteiger partial charge in [0.15, 0.2) is 0 Å². The minimum atomic E-state index is -0.797. The van der Waals surface area contributed by atoms with Crippen molar-refractivity contribution in [1.82, 2.24) is 4.68 Å². The van der Waals surface area contributed by atoms with E-state index in [0.717, 1.165) is 22.9 Å². The number of hydrogen-bond donors (Lipinski definition) is 3. The first-order valence-corrected chi connectivity index (χ1v) is 7.08. The molecule has 1 aromatic heterocycles. The minimum absolute atomic E-state index is 0.129. The van der Waals surface area contributed by atoms with Crippen LogP contribution in [0.25, 0.3) is 0 Å². The van der Waals surface area contributed by atoms with E-state index >= 15 is 0 Å². The summed E-state index contributed by atoms with van der Waals surface area (Å²) in [5.74, 6) is -0.700. The Balaban J connectivity index is 1.78. The van der Waals surface area contributed by atoms with Gasteiger partial charge in [-0.05, 0) is 6.07 Å². The molecule has 2 aliphatic rings. The Morgan fingerprint density at radius 3 is 2.16 bits per heavy atom. The molecular formula is C14H10N4O7. The summed E-state index contributed by atoms with van der Waals surface area (Å²) in [6.07, 6.45) is 2.46. The van der Waals surface area contributed by atoms with Gasteiger partial charge in [-0.25, -0.2) is 0 Å². The molecule has 0 saturated carbocycles. The van der Waals surface area contributed by atoms with E-state index in [1.165, 1.54) is 0 Å². The molecule has 25 heavy (non-hydrogen) atoms. The summed E-state index contributed by atoms with van der Waals surface area (Å²) in [5.41, 5.74) is 2.13. The van der Waals surface area contributed by atoms with Crippen LogP contribution in [0, 0.1) is 20.2 Å². The summed E-state index contributed by atoms with van der Waals surface area (Å²) in [5, 5.41) is 42.6. The number of non-ortho nitro benzene ring substituents is 1. The van der Waals surface area contributed by atoms with Crippen LogP contribution >= 0.6 is 0 Å². The second-order valence-electron chi connectivity index (χ2n) is 5.50. The Hall–Kier alpha value is -3.60. The molecule has 11 nitrogen and oxygen atoms in total. The summed E-state index contributed by atoms with van der Waals surface area (Å²) < 4.78 is 6.38. The fraction of sp³-hybridized carbons (Fsp3) is 0.143. The summed E-state index contributed by atoms with van der Waals surface area (Å²) >= 11 is 0. The number of anilines is 1. The number of fused-ring (bicyclic) bond motifs is 5. The van der Waals surface area contributed by atoms with Crippen LogP contribution in [0.4, 0.5) is 17.1 Å². The van der Waals surface area contributed by atoms with Crippen molar-refractivity contribution < 1.29 is 24.8 Å². The van der Waals surface area contributed by atoms with Gasteiger partial charge in [-0.3, -0.25) is 25.7 Å². The zero-order valence-electron chi connectivity index (χ0n) is 12.3. The molecule has 128 valence electrons. The Labute approximate surface area is 138 Å². The molecule has 11 heteroatoms. The van der Waals surface area contributed by atoms with Gasteiger partial charge < -0.3 is 14.9 Å². The van der Waals surface area contributed by atoms with Crippen LogP contribution in [0.3, 0.4) is 0 Å². The third-order valence-corrected chi connectivity index (χ3v) is 4.14. The molecule has 0 radical (unpaired) electrons. The van der Waals surface area contributed by atoms with E-state index in [2.05, 4.69) is 5.43 Å². The Bertz CT molecular complexity index is 929. The third-order valence-electron chi connectivity index (χ3n) is 4.14. The number of nitro benzene ring substituents is 2. The normalized spacial score (nSPS) is 19.8. The van der Waals surface area contributed by atoms with Crippen molar-refractivity contribution in [2.45, 2.75) is 12.2 Å². The smallest absolute Gasteiger partial charge is 0.300 e. The molecule has 0 aliphatic carbocycles. The van der Waals surface area contributed by atoms with Gasteiger partial charge in [0.2, 0.25) is 11.8 Å². The van der Waals surface area contributed by atoms with Crippen LogP contribution in [0.5, 0.6) is 11.8 Å². The Morgan fingerprint density at radius 2 is 1.64 bits per heavy atom. The predicted octanol–water partition coefficient (Wildman–Crippen LogP) is 2.27. The molecule has 2 aliphatic heterocycles. The highest BCUT2D eigenvalue weighted by molar-refractivity contribution is 5.67. The first-order chi connectivity index (χ1) is 11.9. The second kappa shape index (κ2) is 4.95. The summed E-state index contributed by atoms with van der Waals surface area (Å²) in [6.45, 7) is 0. The van der Waals surface area contributed by atoms with E-state index in [1.54, 1.807) is 12.2 Å². The quantitative estimate of drug-likeness (QED) is 0.433. The molecule has 3 heterocycles. The van der Waals surface area contributed by atoms with Gasteiger partial charge in [-0.15, -0.1) is 0 Å². The molecule has 0 saturated heterocycles. The van der Waals surface area contributed by atoms with E-state index in [4.69, 9.17) is 4.74 Å². The zero-order valence-corrected chi connectivity index (χ0v) is 12.3. The maximum atomic E-state index is 11.2. The predicted molar refractivity (Wildman–Crippen MR) is 82.2 cm³/mol. The first-order valence-electron chi connectivity index (χ1n) is 7.08. The van der Waals surface area contributed by atoms with Crippen molar-refractivity contribution in [3.63, 3.8) is 0 Å². The standard InChI is InChI=1S/C14H10N4O7/c19-13-11-9-3-4-10(25-9)12(11)14(20)16(13)15-7-2-1-6(17(21)22)5-8(7)18(23)24/h1-5,9-10,15,19-20H. The Morgan fingerprint density at radius 1 is 1.04 bits per heavy atom. The van der Waals surface area contributed by atoms with Crippen molar-refractivity contribution in [1.29, 1.82) is 0 Å². The highest BCUT2D eigenvalue weighted by atomic mass is 16.6. The number of benzene rings is 1. The lowest BCUT2D eigenvalue weighted by Crippen LogP contribution is -2.11. The minimum Gasteiger partial charge on any atom is -0.493 e. The second-order valence-corrected chi connectivity index (χ2v) is 5.50. The van der Waals surface area contributed by atoms with Gasteiger partial charge in [-0.1, -0.05) is 12.2 Å². The van der Waals surface area contributed by atoms with Crippen molar-refractivity contribution in [3.8, 4) is 11.8 Å². The van der Waals surface area contributed by atoms with Gasteiger partial charge in [0.05, 0.1) is 27.0 Å². The van der Waals surface area contributed by atoms with E-state index in [9.17, 15) is 30.4 Å². The van der Waals surface area contributed by atoms with Crippen LogP contribution in [0.2, 0.25) is 0 Å². The van der Waals surface area contributed by atoms with E-state index < -0.39 is 33.4 Å². The van der Waals surface area contributed by atoms with Crippen LogP contribution in [-0.4, -0.2) is 24.7 Å². The maximum Gasteiger partial charge on any atom is 0.300 e. The van der Waals surface area contributed by atoms with E-state index in [-0.39, 0.29) is 17.4 Å².